The van der Waals surface area contributed by atoms with E-state index in [1.807, 2.05) is 0 Å². The minimum atomic E-state index is 0.450. The standard InChI is InChI=1S/C14H29NO/c1-4-11-14(16)12-9-7-8-10-13-15(5-2)6-3/h4-13H2,1-3H3. The predicted octanol–water partition coefficient (Wildman–Crippen LogP) is 3.65. The van der Waals surface area contributed by atoms with Gasteiger partial charge in [-0.2, -0.15) is 0 Å². The summed E-state index contributed by atoms with van der Waals surface area (Å²) in [6.45, 7) is 10.0. The van der Waals surface area contributed by atoms with E-state index in [0.717, 1.165) is 38.8 Å². The van der Waals surface area contributed by atoms with E-state index >= 15 is 0 Å². The number of carbonyl (C=O) groups is 1. The lowest BCUT2D eigenvalue weighted by atomic mass is 10.1. The van der Waals surface area contributed by atoms with Gasteiger partial charge in [0.05, 0.1) is 0 Å². The summed E-state index contributed by atoms with van der Waals surface area (Å²) >= 11 is 0. The zero-order valence-corrected chi connectivity index (χ0v) is 11.4. The Balaban J connectivity index is 3.24. The first-order chi connectivity index (χ1) is 7.74. The van der Waals surface area contributed by atoms with Gasteiger partial charge in [0.1, 0.15) is 5.78 Å². The lowest BCUT2D eigenvalue weighted by Crippen LogP contribution is -2.23. The van der Waals surface area contributed by atoms with Gasteiger partial charge in [-0.25, -0.2) is 0 Å². The molecule has 0 bridgehead atoms. The minimum Gasteiger partial charge on any atom is -0.304 e. The van der Waals surface area contributed by atoms with Crippen LogP contribution in [-0.2, 0) is 4.79 Å². The van der Waals surface area contributed by atoms with Crippen LogP contribution >= 0.6 is 0 Å². The first kappa shape index (κ1) is 15.6. The summed E-state index contributed by atoms with van der Waals surface area (Å²) in [5.74, 6) is 0.450. The molecule has 0 aromatic rings. The first-order valence-corrected chi connectivity index (χ1v) is 6.98. The summed E-state index contributed by atoms with van der Waals surface area (Å²) < 4.78 is 0. The molecule has 0 aliphatic rings. The van der Waals surface area contributed by atoms with Crippen LogP contribution in [0.1, 0.15) is 65.7 Å². The van der Waals surface area contributed by atoms with Gasteiger partial charge >= 0.3 is 0 Å². The molecular weight excluding hydrogens is 198 g/mol. The maximum atomic E-state index is 11.3. The number of nitrogens with zero attached hydrogens (tertiary/aromatic N) is 1. The molecule has 0 aliphatic carbocycles. The van der Waals surface area contributed by atoms with Crippen LogP contribution in [-0.4, -0.2) is 30.3 Å². The van der Waals surface area contributed by atoms with Gasteiger partial charge in [-0.3, -0.25) is 4.79 Å². The molecule has 0 fully saturated rings. The molecule has 0 heterocycles. The van der Waals surface area contributed by atoms with Crippen LogP contribution in [0.2, 0.25) is 0 Å². The molecule has 2 heteroatoms. The summed E-state index contributed by atoms with van der Waals surface area (Å²) in [7, 11) is 0. The summed E-state index contributed by atoms with van der Waals surface area (Å²) in [5, 5.41) is 0. The predicted molar refractivity (Wildman–Crippen MR) is 70.8 cm³/mol. The van der Waals surface area contributed by atoms with Crippen LogP contribution in [0.25, 0.3) is 0 Å². The molecule has 2 nitrogen and oxygen atoms in total. The van der Waals surface area contributed by atoms with Crippen molar-refractivity contribution in [3.63, 3.8) is 0 Å². The van der Waals surface area contributed by atoms with Crippen molar-refractivity contribution in [2.75, 3.05) is 19.6 Å². The topological polar surface area (TPSA) is 20.3 Å². The van der Waals surface area contributed by atoms with E-state index in [9.17, 15) is 4.79 Å². The number of ketones is 1. The highest BCUT2D eigenvalue weighted by atomic mass is 16.1. The van der Waals surface area contributed by atoms with E-state index < -0.39 is 0 Å². The first-order valence-electron chi connectivity index (χ1n) is 6.98. The summed E-state index contributed by atoms with van der Waals surface area (Å²) in [6.07, 6.45) is 7.45. The maximum absolute atomic E-state index is 11.3. The van der Waals surface area contributed by atoms with Crippen molar-refractivity contribution in [3.8, 4) is 0 Å². The second-order valence-electron chi connectivity index (χ2n) is 4.48. The summed E-state index contributed by atoms with van der Waals surface area (Å²) in [4.78, 5) is 13.7. The Morgan fingerprint density at radius 2 is 1.50 bits per heavy atom. The molecule has 0 unspecified atom stereocenters. The second-order valence-corrected chi connectivity index (χ2v) is 4.48. The Hall–Kier alpha value is -0.370. The number of hydrogen-bond donors (Lipinski definition) is 0. The summed E-state index contributed by atoms with van der Waals surface area (Å²) in [6, 6.07) is 0. The molecule has 0 atom stereocenters. The number of rotatable bonds is 11. The Bertz CT molecular complexity index is 164. The molecule has 0 aliphatic heterocycles. The van der Waals surface area contributed by atoms with Crippen LogP contribution in [0, 0.1) is 0 Å². The SMILES string of the molecule is CCCC(=O)CCCCCCN(CC)CC. The van der Waals surface area contributed by atoms with Gasteiger partial charge in [0.2, 0.25) is 0 Å². The Kier molecular flexibility index (Phi) is 10.9. The molecule has 0 saturated carbocycles. The fourth-order valence-corrected chi connectivity index (χ4v) is 1.95. The average molecular weight is 227 g/mol. The molecule has 0 rings (SSSR count). The highest BCUT2D eigenvalue weighted by molar-refractivity contribution is 5.78. The van der Waals surface area contributed by atoms with Gasteiger partial charge in [0.25, 0.3) is 0 Å². The van der Waals surface area contributed by atoms with Gasteiger partial charge in [-0.1, -0.05) is 33.6 Å². The van der Waals surface area contributed by atoms with Crippen LogP contribution in [0.3, 0.4) is 0 Å². The molecule has 0 saturated heterocycles. The number of Topliss-reactive ketones (excluding diaryl/α,β-unsaturated/α-hetero) is 1. The van der Waals surface area contributed by atoms with Crippen molar-refractivity contribution in [3.05, 3.63) is 0 Å². The monoisotopic (exact) mass is 227 g/mol. The van der Waals surface area contributed by atoms with Crippen molar-refractivity contribution >= 4 is 5.78 Å². The quantitative estimate of drug-likeness (QED) is 0.502. The third-order valence-corrected chi connectivity index (χ3v) is 3.10. The van der Waals surface area contributed by atoms with E-state index in [1.54, 1.807) is 0 Å². The van der Waals surface area contributed by atoms with Crippen LogP contribution in [0.4, 0.5) is 0 Å². The largest absolute Gasteiger partial charge is 0.304 e. The lowest BCUT2D eigenvalue weighted by Gasteiger charge is -2.17. The fourth-order valence-electron chi connectivity index (χ4n) is 1.95. The maximum Gasteiger partial charge on any atom is 0.132 e. The molecule has 0 aromatic heterocycles. The number of unbranched alkanes of at least 4 members (excludes halogenated alkanes) is 3. The van der Waals surface area contributed by atoms with Crippen molar-refractivity contribution in [1.82, 2.24) is 4.90 Å². The van der Waals surface area contributed by atoms with Gasteiger partial charge in [0, 0.05) is 12.8 Å². The summed E-state index contributed by atoms with van der Waals surface area (Å²) in [5.41, 5.74) is 0. The lowest BCUT2D eigenvalue weighted by molar-refractivity contribution is -0.119. The van der Waals surface area contributed by atoms with E-state index in [4.69, 9.17) is 0 Å². The van der Waals surface area contributed by atoms with Crippen molar-refractivity contribution in [2.45, 2.75) is 65.7 Å². The molecule has 0 N–H and O–H groups in total. The van der Waals surface area contributed by atoms with Crippen molar-refractivity contribution in [1.29, 1.82) is 0 Å². The van der Waals surface area contributed by atoms with Gasteiger partial charge in [-0.05, 0) is 38.9 Å². The van der Waals surface area contributed by atoms with E-state index in [-0.39, 0.29) is 0 Å². The normalized spacial score (nSPS) is 11.0. The minimum absolute atomic E-state index is 0.450. The smallest absolute Gasteiger partial charge is 0.132 e. The van der Waals surface area contributed by atoms with Gasteiger partial charge in [-0.15, -0.1) is 0 Å². The van der Waals surface area contributed by atoms with Crippen molar-refractivity contribution < 1.29 is 4.79 Å². The molecule has 16 heavy (non-hydrogen) atoms. The highest BCUT2D eigenvalue weighted by Gasteiger charge is 2.01. The average Bonchev–Trinajstić information content (AvgIpc) is 2.29. The van der Waals surface area contributed by atoms with E-state index in [1.165, 1.54) is 25.8 Å². The number of hydrogen-bond acceptors (Lipinski definition) is 2. The van der Waals surface area contributed by atoms with Crippen LogP contribution in [0.15, 0.2) is 0 Å². The third kappa shape index (κ3) is 8.90. The van der Waals surface area contributed by atoms with Crippen molar-refractivity contribution in [2.24, 2.45) is 0 Å². The van der Waals surface area contributed by atoms with Crippen LogP contribution in [0.5, 0.6) is 0 Å². The Morgan fingerprint density at radius 1 is 0.875 bits per heavy atom. The highest BCUT2D eigenvalue weighted by Crippen LogP contribution is 2.06. The van der Waals surface area contributed by atoms with Gasteiger partial charge in [0.15, 0.2) is 0 Å². The molecule has 0 aromatic carbocycles. The zero-order valence-electron chi connectivity index (χ0n) is 11.4. The molecule has 0 radical (unpaired) electrons. The Labute approximate surface area is 101 Å². The molecular formula is C14H29NO. The second kappa shape index (κ2) is 11.1. The Morgan fingerprint density at radius 3 is 2.06 bits per heavy atom. The van der Waals surface area contributed by atoms with E-state index in [2.05, 4.69) is 25.7 Å². The number of carbonyl (C=O) groups excluding carboxylic acids is 1. The molecule has 96 valence electrons. The van der Waals surface area contributed by atoms with Crippen LogP contribution < -0.4 is 0 Å². The zero-order chi connectivity index (χ0) is 12.2. The fraction of sp³-hybridized carbons (Fsp3) is 0.929. The molecule has 0 spiro atoms. The van der Waals surface area contributed by atoms with Gasteiger partial charge < -0.3 is 4.90 Å². The molecule has 0 amide bonds. The third-order valence-electron chi connectivity index (χ3n) is 3.10. The van der Waals surface area contributed by atoms with E-state index in [0.29, 0.717) is 5.78 Å².